The molecule has 10 nitrogen and oxygen atoms in total. The SMILES string of the molecule is CCCN=C1N(CCC)C(=Nc2ccc([N+](=O)[O-])cc2)N1c1ccc([N+](=O)[O-])cc1. The number of rotatable bonds is 8. The third-order valence-electron chi connectivity index (χ3n) is 4.42. The summed E-state index contributed by atoms with van der Waals surface area (Å²) in [4.78, 5) is 34.1. The maximum Gasteiger partial charge on any atom is 0.269 e. The second kappa shape index (κ2) is 9.12. The first-order valence-corrected chi connectivity index (χ1v) is 9.66. The molecule has 0 aliphatic carbocycles. The lowest BCUT2D eigenvalue weighted by atomic mass is 10.2. The Balaban J connectivity index is 2.01. The summed E-state index contributed by atoms with van der Waals surface area (Å²) >= 11 is 0. The highest BCUT2D eigenvalue weighted by atomic mass is 16.6. The molecule has 0 N–H and O–H groups in total. The van der Waals surface area contributed by atoms with Gasteiger partial charge < -0.3 is 0 Å². The average molecular weight is 410 g/mol. The Morgan fingerprint density at radius 3 is 1.90 bits per heavy atom. The van der Waals surface area contributed by atoms with Gasteiger partial charge in [-0.05, 0) is 37.1 Å². The van der Waals surface area contributed by atoms with Crippen molar-refractivity contribution < 1.29 is 9.85 Å². The molecule has 0 saturated carbocycles. The van der Waals surface area contributed by atoms with Crippen LogP contribution in [0.4, 0.5) is 22.7 Å². The van der Waals surface area contributed by atoms with Crippen molar-refractivity contribution in [2.45, 2.75) is 26.7 Å². The first kappa shape index (κ1) is 20.9. The quantitative estimate of drug-likeness (QED) is 0.467. The highest BCUT2D eigenvalue weighted by Crippen LogP contribution is 2.30. The van der Waals surface area contributed by atoms with Crippen molar-refractivity contribution in [1.29, 1.82) is 0 Å². The van der Waals surface area contributed by atoms with Crippen LogP contribution in [0.5, 0.6) is 0 Å². The highest BCUT2D eigenvalue weighted by molar-refractivity contribution is 6.32. The van der Waals surface area contributed by atoms with Gasteiger partial charge in [0, 0.05) is 37.4 Å². The van der Waals surface area contributed by atoms with Crippen molar-refractivity contribution in [1.82, 2.24) is 4.90 Å². The Morgan fingerprint density at radius 2 is 1.40 bits per heavy atom. The molecule has 3 rings (SSSR count). The molecule has 2 aromatic carbocycles. The van der Waals surface area contributed by atoms with Crippen LogP contribution in [0.3, 0.4) is 0 Å². The molecular weight excluding hydrogens is 388 g/mol. The molecule has 0 unspecified atom stereocenters. The van der Waals surface area contributed by atoms with E-state index in [1.165, 1.54) is 24.3 Å². The van der Waals surface area contributed by atoms with Gasteiger partial charge in [0.2, 0.25) is 11.9 Å². The minimum Gasteiger partial charge on any atom is -0.281 e. The van der Waals surface area contributed by atoms with E-state index in [1.807, 2.05) is 16.7 Å². The fourth-order valence-electron chi connectivity index (χ4n) is 3.00. The van der Waals surface area contributed by atoms with E-state index in [-0.39, 0.29) is 11.4 Å². The van der Waals surface area contributed by atoms with E-state index in [4.69, 9.17) is 0 Å². The first-order valence-electron chi connectivity index (χ1n) is 9.66. The third kappa shape index (κ3) is 4.27. The lowest BCUT2D eigenvalue weighted by molar-refractivity contribution is -0.385. The fourth-order valence-corrected chi connectivity index (χ4v) is 3.00. The van der Waals surface area contributed by atoms with Crippen molar-refractivity contribution in [3.05, 3.63) is 68.8 Å². The molecule has 0 amide bonds. The number of nitro benzene ring substituents is 2. The summed E-state index contributed by atoms with van der Waals surface area (Å²) in [5, 5.41) is 21.9. The van der Waals surface area contributed by atoms with Crippen molar-refractivity contribution in [2.75, 3.05) is 18.0 Å². The number of benzene rings is 2. The number of hydrogen-bond donors (Lipinski definition) is 0. The molecule has 10 heteroatoms. The molecule has 0 bridgehead atoms. The number of aliphatic imine (C=N–C) groups is 2. The van der Waals surface area contributed by atoms with Gasteiger partial charge in [0.05, 0.1) is 21.2 Å². The van der Waals surface area contributed by atoms with Crippen LogP contribution in [-0.4, -0.2) is 39.8 Å². The molecule has 1 aliphatic rings. The van der Waals surface area contributed by atoms with E-state index in [9.17, 15) is 20.2 Å². The molecule has 1 saturated heterocycles. The van der Waals surface area contributed by atoms with Gasteiger partial charge in [-0.15, -0.1) is 0 Å². The molecule has 156 valence electrons. The Bertz CT molecular complexity index is 985. The van der Waals surface area contributed by atoms with Crippen LogP contribution in [0.1, 0.15) is 26.7 Å². The molecule has 0 spiro atoms. The Labute approximate surface area is 173 Å². The maximum absolute atomic E-state index is 11.0. The molecule has 2 aromatic rings. The fraction of sp³-hybridized carbons (Fsp3) is 0.300. The Morgan fingerprint density at radius 1 is 0.833 bits per heavy atom. The molecule has 0 aromatic heterocycles. The number of nitro groups is 2. The lowest BCUT2D eigenvalue weighted by Gasteiger charge is -2.46. The largest absolute Gasteiger partial charge is 0.281 e. The van der Waals surface area contributed by atoms with E-state index in [1.54, 1.807) is 24.3 Å². The van der Waals surface area contributed by atoms with E-state index in [2.05, 4.69) is 16.9 Å². The predicted octanol–water partition coefficient (Wildman–Crippen LogP) is 4.49. The number of guanidine groups is 2. The Kier molecular flexibility index (Phi) is 6.35. The van der Waals surface area contributed by atoms with E-state index < -0.39 is 9.85 Å². The topological polar surface area (TPSA) is 117 Å². The first-order chi connectivity index (χ1) is 14.5. The van der Waals surface area contributed by atoms with Gasteiger partial charge >= 0.3 is 0 Å². The molecular formula is C20H22N6O4. The third-order valence-corrected chi connectivity index (χ3v) is 4.42. The van der Waals surface area contributed by atoms with Crippen LogP contribution in [0, 0.1) is 20.2 Å². The summed E-state index contributed by atoms with van der Waals surface area (Å²) in [7, 11) is 0. The average Bonchev–Trinajstić information content (AvgIpc) is 2.74. The summed E-state index contributed by atoms with van der Waals surface area (Å²) in [6.45, 7) is 5.44. The molecule has 1 heterocycles. The van der Waals surface area contributed by atoms with Crippen molar-refractivity contribution >= 4 is 34.7 Å². The second-order valence-electron chi connectivity index (χ2n) is 6.63. The van der Waals surface area contributed by atoms with Gasteiger partial charge in [-0.3, -0.25) is 30.1 Å². The summed E-state index contributed by atoms with van der Waals surface area (Å²) in [6.07, 6.45) is 1.75. The van der Waals surface area contributed by atoms with Crippen molar-refractivity contribution in [3.8, 4) is 0 Å². The zero-order valence-corrected chi connectivity index (χ0v) is 16.8. The van der Waals surface area contributed by atoms with E-state index in [0.717, 1.165) is 18.8 Å². The highest BCUT2D eigenvalue weighted by Gasteiger charge is 2.40. The molecule has 1 aliphatic heterocycles. The van der Waals surface area contributed by atoms with Crippen molar-refractivity contribution in [3.63, 3.8) is 0 Å². The van der Waals surface area contributed by atoms with Crippen LogP contribution >= 0.6 is 0 Å². The zero-order valence-electron chi connectivity index (χ0n) is 16.8. The monoisotopic (exact) mass is 410 g/mol. The molecule has 30 heavy (non-hydrogen) atoms. The standard InChI is InChI=1S/C20H22N6O4/c1-3-13-21-19-23(14-4-2)20(22-15-5-7-17(8-6-15)25(27)28)24(19)16-9-11-18(12-10-16)26(29)30/h5-12H,3-4,13-14H2,1-2H3. The molecule has 0 radical (unpaired) electrons. The maximum atomic E-state index is 11.0. The summed E-state index contributed by atoms with van der Waals surface area (Å²) in [6, 6.07) is 12.2. The summed E-state index contributed by atoms with van der Waals surface area (Å²) in [5.41, 5.74) is 1.28. The van der Waals surface area contributed by atoms with Gasteiger partial charge in [0.25, 0.3) is 11.4 Å². The zero-order chi connectivity index (χ0) is 21.7. The van der Waals surface area contributed by atoms with Crippen LogP contribution in [0.25, 0.3) is 0 Å². The summed E-state index contributed by atoms with van der Waals surface area (Å²) in [5.74, 6) is 1.35. The smallest absolute Gasteiger partial charge is 0.269 e. The number of non-ortho nitro benzene ring substituents is 2. The second-order valence-corrected chi connectivity index (χ2v) is 6.63. The number of anilines is 1. The van der Waals surface area contributed by atoms with E-state index >= 15 is 0 Å². The summed E-state index contributed by atoms with van der Waals surface area (Å²) < 4.78 is 0. The van der Waals surface area contributed by atoms with Gasteiger partial charge in [-0.25, -0.2) is 9.89 Å². The van der Waals surface area contributed by atoms with Crippen LogP contribution in [-0.2, 0) is 0 Å². The Hall–Kier alpha value is -3.82. The predicted molar refractivity (Wildman–Crippen MR) is 115 cm³/mol. The lowest BCUT2D eigenvalue weighted by Crippen LogP contribution is -2.66. The molecule has 1 fully saturated rings. The van der Waals surface area contributed by atoms with Gasteiger partial charge in [0.1, 0.15) is 0 Å². The number of hydrogen-bond acceptors (Lipinski definition) is 6. The van der Waals surface area contributed by atoms with Gasteiger partial charge in [-0.1, -0.05) is 13.8 Å². The van der Waals surface area contributed by atoms with Gasteiger partial charge in [0.15, 0.2) is 0 Å². The van der Waals surface area contributed by atoms with Crippen LogP contribution in [0.15, 0.2) is 58.5 Å². The molecule has 0 atom stereocenters. The normalized spacial score (nSPS) is 16.1. The van der Waals surface area contributed by atoms with Gasteiger partial charge in [-0.2, -0.15) is 0 Å². The van der Waals surface area contributed by atoms with E-state index in [0.29, 0.717) is 30.4 Å². The number of nitrogens with zero attached hydrogens (tertiary/aromatic N) is 6. The van der Waals surface area contributed by atoms with Crippen LogP contribution < -0.4 is 4.90 Å². The van der Waals surface area contributed by atoms with Crippen molar-refractivity contribution in [2.24, 2.45) is 9.98 Å². The van der Waals surface area contributed by atoms with Crippen LogP contribution in [0.2, 0.25) is 0 Å². The minimum absolute atomic E-state index is 0.00426. The minimum atomic E-state index is -0.456.